The van der Waals surface area contributed by atoms with Crippen molar-refractivity contribution in [2.75, 3.05) is 7.05 Å². The normalized spacial score (nSPS) is 56.0. The molecule has 2 N–H and O–H groups in total. The number of hydrogen-bond donors (Lipinski definition) is 1. The highest BCUT2D eigenvalue weighted by molar-refractivity contribution is 5.77. The number of carbonyl (C=O) groups excluding carboxylic acids is 1. The molecule has 3 nitrogen and oxygen atoms in total. The second-order valence-corrected chi connectivity index (χ2v) is 9.76. The highest BCUT2D eigenvalue weighted by Gasteiger charge is 2.62. The molecule has 4 rings (SSSR count). The molecule has 23 heavy (non-hydrogen) atoms. The quantitative estimate of drug-likeness (QED) is 0.744. The average Bonchev–Trinajstić information content (AvgIpc) is 2.73. The summed E-state index contributed by atoms with van der Waals surface area (Å²) in [5.41, 5.74) is 7.28. The molecule has 130 valence electrons. The zero-order valence-corrected chi connectivity index (χ0v) is 15.3. The van der Waals surface area contributed by atoms with Gasteiger partial charge < -0.3 is 10.6 Å². The number of rotatable bonds is 0. The smallest absolute Gasteiger partial charge is 0.222 e. The topological polar surface area (TPSA) is 46.3 Å². The van der Waals surface area contributed by atoms with Gasteiger partial charge in [-0.25, -0.2) is 0 Å². The third-order valence-electron chi connectivity index (χ3n) is 8.94. The number of piperidine rings is 1. The second kappa shape index (κ2) is 4.97. The first-order valence-electron chi connectivity index (χ1n) is 9.80. The van der Waals surface area contributed by atoms with Crippen LogP contribution in [0.5, 0.6) is 0 Å². The van der Waals surface area contributed by atoms with Crippen LogP contribution in [0.4, 0.5) is 0 Å². The number of amides is 1. The molecule has 0 aromatic heterocycles. The summed E-state index contributed by atoms with van der Waals surface area (Å²) in [6, 6.07) is 0.865. The largest absolute Gasteiger partial charge is 0.342 e. The van der Waals surface area contributed by atoms with Crippen molar-refractivity contribution in [2.24, 2.45) is 40.2 Å². The zero-order chi connectivity index (χ0) is 16.6. The van der Waals surface area contributed by atoms with E-state index < -0.39 is 0 Å². The number of nitrogens with two attached hydrogens (primary N) is 1. The van der Waals surface area contributed by atoms with E-state index in [1.807, 2.05) is 7.05 Å². The molecule has 0 bridgehead atoms. The molecule has 4 aliphatic rings. The van der Waals surface area contributed by atoms with Crippen LogP contribution in [0.2, 0.25) is 0 Å². The SMILES string of the molecule is CC1CC(N)[C@@]2(C)CC[C@@H]3[C@@H](CCC4N(C)C(=O)CC[C@@]43C)[C@H]12. The molecule has 0 aromatic carbocycles. The summed E-state index contributed by atoms with van der Waals surface area (Å²) in [6.07, 6.45) is 8.20. The summed E-state index contributed by atoms with van der Waals surface area (Å²) in [6.45, 7) is 7.43. The fourth-order valence-electron chi connectivity index (χ4n) is 7.75. The molecule has 1 saturated heterocycles. The lowest BCUT2D eigenvalue weighted by molar-refractivity contribution is -0.158. The number of nitrogens with zero attached hydrogens (tertiary/aromatic N) is 1. The highest BCUT2D eigenvalue weighted by Crippen LogP contribution is 2.65. The lowest BCUT2D eigenvalue weighted by Crippen LogP contribution is -2.62. The van der Waals surface area contributed by atoms with E-state index in [9.17, 15) is 4.79 Å². The van der Waals surface area contributed by atoms with Gasteiger partial charge in [-0.05, 0) is 73.0 Å². The van der Waals surface area contributed by atoms with Crippen LogP contribution in [-0.4, -0.2) is 29.9 Å². The lowest BCUT2D eigenvalue weighted by atomic mass is 9.46. The Balaban J connectivity index is 1.68. The van der Waals surface area contributed by atoms with Gasteiger partial charge in [0.05, 0.1) is 0 Å². The number of hydrogen-bond acceptors (Lipinski definition) is 2. The summed E-state index contributed by atoms with van der Waals surface area (Å²) < 4.78 is 0. The Morgan fingerprint density at radius 2 is 1.87 bits per heavy atom. The van der Waals surface area contributed by atoms with Crippen LogP contribution in [0.25, 0.3) is 0 Å². The Kier molecular flexibility index (Phi) is 3.44. The first-order valence-corrected chi connectivity index (χ1v) is 9.80. The van der Waals surface area contributed by atoms with Crippen molar-refractivity contribution in [1.29, 1.82) is 0 Å². The third kappa shape index (κ3) is 1.95. The van der Waals surface area contributed by atoms with Crippen LogP contribution in [0.1, 0.15) is 65.7 Å². The maximum Gasteiger partial charge on any atom is 0.222 e. The summed E-state index contributed by atoms with van der Waals surface area (Å²) in [4.78, 5) is 14.3. The predicted molar refractivity (Wildman–Crippen MR) is 92.7 cm³/mol. The number of carbonyl (C=O) groups is 1. The number of fused-ring (bicyclic) bond motifs is 5. The van der Waals surface area contributed by atoms with Gasteiger partial charge in [0.1, 0.15) is 0 Å². The van der Waals surface area contributed by atoms with Gasteiger partial charge in [-0.1, -0.05) is 20.8 Å². The maximum atomic E-state index is 12.2. The van der Waals surface area contributed by atoms with Crippen LogP contribution in [0.15, 0.2) is 0 Å². The zero-order valence-electron chi connectivity index (χ0n) is 15.3. The molecule has 3 unspecified atom stereocenters. The van der Waals surface area contributed by atoms with Gasteiger partial charge in [0.15, 0.2) is 0 Å². The van der Waals surface area contributed by atoms with Gasteiger partial charge in [0, 0.05) is 25.6 Å². The monoisotopic (exact) mass is 318 g/mol. The summed E-state index contributed by atoms with van der Waals surface area (Å²) in [5, 5.41) is 0. The first kappa shape index (κ1) is 15.9. The average molecular weight is 319 g/mol. The maximum absolute atomic E-state index is 12.2. The van der Waals surface area contributed by atoms with E-state index in [-0.39, 0.29) is 0 Å². The van der Waals surface area contributed by atoms with Gasteiger partial charge in [-0.15, -0.1) is 0 Å². The fourth-order valence-corrected chi connectivity index (χ4v) is 7.75. The van der Waals surface area contributed by atoms with Crippen molar-refractivity contribution in [2.45, 2.75) is 77.8 Å². The van der Waals surface area contributed by atoms with Crippen molar-refractivity contribution in [3.63, 3.8) is 0 Å². The number of likely N-dealkylation sites (tertiary alicyclic amines) is 1. The van der Waals surface area contributed by atoms with E-state index >= 15 is 0 Å². The van der Waals surface area contributed by atoms with Crippen LogP contribution >= 0.6 is 0 Å². The Hall–Kier alpha value is -0.570. The molecule has 3 saturated carbocycles. The first-order chi connectivity index (χ1) is 10.8. The molecule has 8 atom stereocenters. The molecule has 3 aliphatic carbocycles. The van der Waals surface area contributed by atoms with E-state index in [4.69, 9.17) is 5.73 Å². The molecular weight excluding hydrogens is 284 g/mol. The van der Waals surface area contributed by atoms with E-state index in [2.05, 4.69) is 25.7 Å². The van der Waals surface area contributed by atoms with Crippen molar-refractivity contribution in [3.05, 3.63) is 0 Å². The Bertz CT molecular complexity index is 520. The minimum atomic E-state index is 0.333. The molecule has 0 radical (unpaired) electrons. The summed E-state index contributed by atoms with van der Waals surface area (Å²) in [7, 11) is 2.05. The minimum absolute atomic E-state index is 0.333. The van der Waals surface area contributed by atoms with Crippen molar-refractivity contribution in [3.8, 4) is 0 Å². The molecule has 1 aliphatic heterocycles. The summed E-state index contributed by atoms with van der Waals surface area (Å²) >= 11 is 0. The Labute approximate surface area is 141 Å². The third-order valence-corrected chi connectivity index (χ3v) is 8.94. The van der Waals surface area contributed by atoms with Crippen LogP contribution in [0.3, 0.4) is 0 Å². The van der Waals surface area contributed by atoms with E-state index in [0.29, 0.717) is 28.8 Å². The van der Waals surface area contributed by atoms with E-state index in [1.54, 1.807) is 0 Å². The van der Waals surface area contributed by atoms with Gasteiger partial charge in [-0.2, -0.15) is 0 Å². The van der Waals surface area contributed by atoms with Crippen LogP contribution in [0, 0.1) is 34.5 Å². The van der Waals surface area contributed by atoms with Crippen molar-refractivity contribution in [1.82, 2.24) is 4.90 Å². The molecule has 0 spiro atoms. The van der Waals surface area contributed by atoms with Gasteiger partial charge in [-0.3, -0.25) is 4.79 Å². The fraction of sp³-hybridized carbons (Fsp3) is 0.950. The van der Waals surface area contributed by atoms with Gasteiger partial charge >= 0.3 is 0 Å². The molecule has 1 heterocycles. The van der Waals surface area contributed by atoms with Gasteiger partial charge in [0.25, 0.3) is 0 Å². The molecular formula is C20H34N2O. The molecule has 3 heteroatoms. The molecule has 0 aromatic rings. The van der Waals surface area contributed by atoms with Crippen LogP contribution < -0.4 is 5.73 Å². The minimum Gasteiger partial charge on any atom is -0.342 e. The van der Waals surface area contributed by atoms with Crippen molar-refractivity contribution < 1.29 is 4.79 Å². The van der Waals surface area contributed by atoms with Gasteiger partial charge in [0.2, 0.25) is 5.91 Å². The Morgan fingerprint density at radius 3 is 2.61 bits per heavy atom. The second-order valence-electron chi connectivity index (χ2n) is 9.76. The molecule has 1 amide bonds. The predicted octanol–water partition coefficient (Wildman–Crippen LogP) is 3.42. The summed E-state index contributed by atoms with van der Waals surface area (Å²) in [5.74, 6) is 3.56. The standard InChI is InChI=1S/C20H34N2O/c1-12-11-15(21)20(3)9-7-14-13(18(12)20)5-6-16-19(14,2)10-8-17(23)22(16)4/h12-16,18H,5-11,21H2,1-4H3/t12?,13-,14-,15?,16?,18+,19-,20-/m1/s1. The lowest BCUT2D eigenvalue weighted by Gasteiger charge is -2.62. The molecule has 4 fully saturated rings. The highest BCUT2D eigenvalue weighted by atomic mass is 16.2. The Morgan fingerprint density at radius 1 is 1.13 bits per heavy atom. The van der Waals surface area contributed by atoms with Crippen LogP contribution in [-0.2, 0) is 4.79 Å². The van der Waals surface area contributed by atoms with E-state index in [0.717, 1.165) is 36.5 Å². The van der Waals surface area contributed by atoms with Crippen molar-refractivity contribution >= 4 is 5.91 Å². The van der Waals surface area contributed by atoms with E-state index in [1.165, 1.54) is 32.1 Å².